The van der Waals surface area contributed by atoms with Crippen LogP contribution in [0.25, 0.3) is 22.4 Å². The van der Waals surface area contributed by atoms with Crippen LogP contribution in [0.4, 0.5) is 11.5 Å². The Balaban J connectivity index is 0.00000353. The fourth-order valence-electron chi connectivity index (χ4n) is 4.31. The van der Waals surface area contributed by atoms with Crippen molar-refractivity contribution in [3.8, 4) is 34.2 Å². The summed E-state index contributed by atoms with van der Waals surface area (Å²) in [6.45, 7) is 0.799. The largest absolute Gasteiger partial charge is 0.507 e. The van der Waals surface area contributed by atoms with E-state index in [1.807, 2.05) is 0 Å². The summed E-state index contributed by atoms with van der Waals surface area (Å²) in [5.74, 6) is -0.808. The topological polar surface area (TPSA) is 140 Å². The van der Waals surface area contributed by atoms with E-state index in [1.54, 1.807) is 48.5 Å². The maximum atomic E-state index is 12.8. The van der Waals surface area contributed by atoms with Gasteiger partial charge in [-0.05, 0) is 73.5 Å². The molecule has 11 heteroatoms. The molecule has 0 saturated carbocycles. The minimum Gasteiger partial charge on any atom is -0.507 e. The molecular weight excluding hydrogens is 541 g/mol. The van der Waals surface area contributed by atoms with E-state index in [2.05, 4.69) is 27.0 Å². The first-order valence-electron chi connectivity index (χ1n) is 11.9. The van der Waals surface area contributed by atoms with Gasteiger partial charge in [-0.25, -0.2) is 4.98 Å². The second-order valence-electron chi connectivity index (χ2n) is 8.70. The molecule has 39 heavy (non-hydrogen) atoms. The lowest BCUT2D eigenvalue weighted by atomic mass is 9.97. The molecule has 1 saturated heterocycles. The van der Waals surface area contributed by atoms with Gasteiger partial charge in [0.25, 0.3) is 5.91 Å². The number of aromatic nitrogens is 1. The molecule has 0 bridgehead atoms. The minimum atomic E-state index is -0.590. The van der Waals surface area contributed by atoms with Crippen LogP contribution in [0.5, 0.6) is 5.75 Å². The van der Waals surface area contributed by atoms with Crippen molar-refractivity contribution in [2.24, 2.45) is 0 Å². The SMILES string of the molecule is Cl.N#Cc1c(-c2cccc(NC(=O)[C@H]3CCCN3)c2)cc(-c2ccc(Cl)cc2O)nc1NC(=O)c1ccco1. The van der Waals surface area contributed by atoms with Crippen LogP contribution in [0.15, 0.2) is 71.3 Å². The maximum absolute atomic E-state index is 12.8. The number of carbonyl (C=O) groups excluding carboxylic acids is 2. The number of hydrogen-bond acceptors (Lipinski definition) is 7. The van der Waals surface area contributed by atoms with Crippen LogP contribution in [-0.2, 0) is 4.79 Å². The second-order valence-corrected chi connectivity index (χ2v) is 9.14. The van der Waals surface area contributed by atoms with Crippen molar-refractivity contribution in [1.29, 1.82) is 5.26 Å². The molecule has 4 aromatic rings. The average Bonchev–Trinajstić information content (AvgIpc) is 3.64. The number of phenols is 1. The highest BCUT2D eigenvalue weighted by molar-refractivity contribution is 6.30. The van der Waals surface area contributed by atoms with E-state index in [1.165, 1.54) is 18.4 Å². The van der Waals surface area contributed by atoms with Gasteiger partial charge in [0, 0.05) is 21.8 Å². The molecular formula is C28H23Cl2N5O4. The molecule has 1 atom stereocenters. The summed E-state index contributed by atoms with van der Waals surface area (Å²) in [7, 11) is 0. The third-order valence-electron chi connectivity index (χ3n) is 6.16. The lowest BCUT2D eigenvalue weighted by Crippen LogP contribution is -2.35. The summed E-state index contributed by atoms with van der Waals surface area (Å²) < 4.78 is 5.18. The zero-order valence-electron chi connectivity index (χ0n) is 20.4. The molecule has 0 aliphatic carbocycles. The van der Waals surface area contributed by atoms with E-state index in [0.29, 0.717) is 33.1 Å². The van der Waals surface area contributed by atoms with Crippen LogP contribution in [0, 0.1) is 11.3 Å². The number of hydrogen-bond donors (Lipinski definition) is 4. The highest BCUT2D eigenvalue weighted by Gasteiger charge is 2.23. The van der Waals surface area contributed by atoms with Crippen molar-refractivity contribution in [2.45, 2.75) is 18.9 Å². The van der Waals surface area contributed by atoms with E-state index in [4.69, 9.17) is 16.0 Å². The summed E-state index contributed by atoms with van der Waals surface area (Å²) in [6, 6.07) is 18.2. The van der Waals surface area contributed by atoms with E-state index < -0.39 is 5.91 Å². The molecule has 4 N–H and O–H groups in total. The first-order chi connectivity index (χ1) is 18.4. The second kappa shape index (κ2) is 12.0. The molecule has 2 amide bonds. The van der Waals surface area contributed by atoms with Gasteiger partial charge in [0.2, 0.25) is 5.91 Å². The molecule has 2 aromatic carbocycles. The van der Waals surface area contributed by atoms with Gasteiger partial charge in [-0.1, -0.05) is 23.7 Å². The van der Waals surface area contributed by atoms with Crippen molar-refractivity contribution < 1.29 is 19.1 Å². The lowest BCUT2D eigenvalue weighted by molar-refractivity contribution is -0.117. The summed E-state index contributed by atoms with van der Waals surface area (Å²) >= 11 is 6.01. The Morgan fingerprint density at radius 3 is 2.64 bits per heavy atom. The molecule has 0 spiro atoms. The van der Waals surface area contributed by atoms with Gasteiger partial charge in [-0.3, -0.25) is 9.59 Å². The number of halogens is 2. The quantitative estimate of drug-likeness (QED) is 0.239. The number of nitriles is 1. The molecule has 3 heterocycles. The molecule has 1 fully saturated rings. The Hall–Kier alpha value is -4.36. The van der Waals surface area contributed by atoms with Gasteiger partial charge in [0.15, 0.2) is 11.6 Å². The van der Waals surface area contributed by atoms with Crippen LogP contribution in [-0.4, -0.2) is 34.5 Å². The van der Waals surface area contributed by atoms with Gasteiger partial charge in [-0.15, -0.1) is 12.4 Å². The van der Waals surface area contributed by atoms with Crippen molar-refractivity contribution in [1.82, 2.24) is 10.3 Å². The molecule has 0 unspecified atom stereocenters. The number of phenolic OH excluding ortho intramolecular Hbond substituents is 1. The average molecular weight is 564 g/mol. The Labute approximate surface area is 235 Å². The Morgan fingerprint density at radius 1 is 1.10 bits per heavy atom. The van der Waals surface area contributed by atoms with Crippen molar-refractivity contribution in [3.05, 3.63) is 83.3 Å². The molecule has 1 aliphatic heterocycles. The van der Waals surface area contributed by atoms with E-state index >= 15 is 0 Å². The number of pyridine rings is 1. The predicted molar refractivity (Wildman–Crippen MR) is 150 cm³/mol. The van der Waals surface area contributed by atoms with Crippen LogP contribution < -0.4 is 16.0 Å². The zero-order valence-corrected chi connectivity index (χ0v) is 22.0. The number of aromatic hydroxyl groups is 1. The van der Waals surface area contributed by atoms with Gasteiger partial charge in [-0.2, -0.15) is 5.26 Å². The highest BCUT2D eigenvalue weighted by atomic mass is 35.5. The third-order valence-corrected chi connectivity index (χ3v) is 6.40. The standard InChI is InChI=1S/C28H22ClN5O4.ClH/c29-17-8-9-19(24(35)13-17)23-14-20(21(15-30)26(33-23)34-28(37)25-7-3-11-38-25)16-4-1-5-18(12-16)32-27(36)22-6-2-10-31-22;/h1,3-5,7-9,11-14,22,31,35H,2,6,10H2,(H,32,36)(H,33,34,37);1H/t22-;/m1./s1. The number of benzene rings is 2. The highest BCUT2D eigenvalue weighted by Crippen LogP contribution is 2.37. The number of furan rings is 1. The fraction of sp³-hybridized carbons (Fsp3) is 0.143. The summed E-state index contributed by atoms with van der Waals surface area (Å²) in [4.78, 5) is 29.9. The number of nitrogens with zero attached hydrogens (tertiary/aromatic N) is 2. The first kappa shape index (κ1) is 27.7. The number of rotatable bonds is 6. The molecule has 198 valence electrons. The number of anilines is 2. The summed E-state index contributed by atoms with van der Waals surface area (Å²) in [5.41, 5.74) is 2.35. The third kappa shape index (κ3) is 6.04. The molecule has 5 rings (SSSR count). The smallest absolute Gasteiger partial charge is 0.292 e. The fourth-order valence-corrected chi connectivity index (χ4v) is 4.48. The molecule has 2 aromatic heterocycles. The number of nitrogens with one attached hydrogen (secondary N) is 3. The first-order valence-corrected chi connectivity index (χ1v) is 12.2. The number of carbonyl (C=O) groups is 2. The molecule has 0 radical (unpaired) electrons. The van der Waals surface area contributed by atoms with Crippen molar-refractivity contribution >= 4 is 47.3 Å². The van der Waals surface area contributed by atoms with E-state index in [0.717, 1.165) is 19.4 Å². The molecule has 1 aliphatic rings. The van der Waals surface area contributed by atoms with Crippen molar-refractivity contribution in [3.63, 3.8) is 0 Å². The minimum absolute atomic E-state index is 0. The summed E-state index contributed by atoms with van der Waals surface area (Å²) in [6.07, 6.45) is 3.07. The van der Waals surface area contributed by atoms with Gasteiger partial charge >= 0.3 is 0 Å². The monoisotopic (exact) mass is 563 g/mol. The maximum Gasteiger partial charge on any atom is 0.292 e. The Bertz CT molecular complexity index is 1560. The van der Waals surface area contributed by atoms with Crippen LogP contribution >= 0.6 is 24.0 Å². The van der Waals surface area contributed by atoms with Crippen LogP contribution in [0.3, 0.4) is 0 Å². The van der Waals surface area contributed by atoms with E-state index in [-0.39, 0.29) is 47.2 Å². The normalized spacial score (nSPS) is 14.2. The van der Waals surface area contributed by atoms with Crippen molar-refractivity contribution in [2.75, 3.05) is 17.2 Å². The van der Waals surface area contributed by atoms with Gasteiger partial charge in [0.05, 0.1) is 18.0 Å². The van der Waals surface area contributed by atoms with Gasteiger partial charge in [0.1, 0.15) is 17.4 Å². The Morgan fingerprint density at radius 2 is 1.95 bits per heavy atom. The predicted octanol–water partition coefficient (Wildman–Crippen LogP) is 5.60. The van der Waals surface area contributed by atoms with Crippen LogP contribution in [0.2, 0.25) is 5.02 Å². The van der Waals surface area contributed by atoms with Gasteiger partial charge < -0.3 is 25.5 Å². The zero-order chi connectivity index (χ0) is 26.6. The Kier molecular flexibility index (Phi) is 8.52. The molecule has 9 nitrogen and oxygen atoms in total. The lowest BCUT2D eigenvalue weighted by Gasteiger charge is -2.15. The summed E-state index contributed by atoms with van der Waals surface area (Å²) in [5, 5.41) is 29.7. The number of amides is 2. The van der Waals surface area contributed by atoms with E-state index in [9.17, 15) is 20.0 Å². The van der Waals surface area contributed by atoms with Crippen LogP contribution in [0.1, 0.15) is 29.0 Å².